The summed E-state index contributed by atoms with van der Waals surface area (Å²) in [4.78, 5) is 13.6. The van der Waals surface area contributed by atoms with Gasteiger partial charge in [0.1, 0.15) is 6.61 Å². The lowest BCUT2D eigenvalue weighted by molar-refractivity contribution is -0.136. The van der Waals surface area contributed by atoms with Crippen molar-refractivity contribution in [2.24, 2.45) is 5.92 Å². The average molecular weight is 228 g/mol. The topological polar surface area (TPSA) is 41.6 Å². The molecule has 94 valence electrons. The van der Waals surface area contributed by atoms with E-state index >= 15 is 0 Å². The number of hydrogen-bond acceptors (Lipinski definition) is 3. The Labute approximate surface area is 98.3 Å². The fourth-order valence-corrected chi connectivity index (χ4v) is 2.08. The highest BCUT2D eigenvalue weighted by Gasteiger charge is 2.23. The van der Waals surface area contributed by atoms with Gasteiger partial charge in [-0.3, -0.25) is 4.79 Å². The summed E-state index contributed by atoms with van der Waals surface area (Å²) in [6.45, 7) is 7.29. The van der Waals surface area contributed by atoms with Crippen LogP contribution < -0.4 is 5.32 Å². The van der Waals surface area contributed by atoms with Crippen LogP contribution in [0.4, 0.5) is 0 Å². The molecule has 1 aliphatic rings. The fraction of sp³-hybridized carbons (Fsp3) is 0.917. The summed E-state index contributed by atoms with van der Waals surface area (Å²) in [5.74, 6) is 0.716. The Hall–Kier alpha value is -0.610. The molecule has 1 aliphatic heterocycles. The molecule has 4 heteroatoms. The third-order valence-electron chi connectivity index (χ3n) is 2.95. The van der Waals surface area contributed by atoms with Crippen LogP contribution in [0.2, 0.25) is 0 Å². The van der Waals surface area contributed by atoms with Gasteiger partial charge < -0.3 is 15.0 Å². The van der Waals surface area contributed by atoms with Crippen LogP contribution in [0.3, 0.4) is 0 Å². The zero-order valence-corrected chi connectivity index (χ0v) is 10.7. The first-order valence-corrected chi connectivity index (χ1v) is 6.13. The van der Waals surface area contributed by atoms with E-state index in [9.17, 15) is 4.79 Å². The standard InChI is InChI=1S/C12H24N2O2/c1-10(2)13-7-11-5-4-6-14(8-11)12(15)9-16-3/h10-11,13H,4-9H2,1-3H3. The van der Waals surface area contributed by atoms with E-state index in [2.05, 4.69) is 19.2 Å². The molecule has 0 aliphatic carbocycles. The number of piperidine rings is 1. The molecule has 1 unspecified atom stereocenters. The summed E-state index contributed by atoms with van der Waals surface area (Å²) in [6, 6.07) is 0.519. The monoisotopic (exact) mass is 228 g/mol. The molecule has 1 heterocycles. The van der Waals surface area contributed by atoms with Gasteiger partial charge in [-0.2, -0.15) is 0 Å². The minimum absolute atomic E-state index is 0.122. The number of methoxy groups -OCH3 is 1. The second-order valence-electron chi connectivity index (χ2n) is 4.84. The first kappa shape index (κ1) is 13.5. The predicted octanol–water partition coefficient (Wildman–Crippen LogP) is 0.869. The molecular formula is C12H24N2O2. The fourth-order valence-electron chi connectivity index (χ4n) is 2.08. The second-order valence-corrected chi connectivity index (χ2v) is 4.84. The summed E-state index contributed by atoms with van der Waals surface area (Å²) in [5, 5.41) is 3.44. The van der Waals surface area contributed by atoms with Crippen LogP contribution in [-0.4, -0.2) is 50.2 Å². The Bertz CT molecular complexity index is 219. The largest absolute Gasteiger partial charge is 0.375 e. The van der Waals surface area contributed by atoms with Crippen molar-refractivity contribution in [2.45, 2.75) is 32.7 Å². The van der Waals surface area contributed by atoms with Gasteiger partial charge in [-0.15, -0.1) is 0 Å². The highest BCUT2D eigenvalue weighted by molar-refractivity contribution is 5.77. The van der Waals surface area contributed by atoms with Crippen molar-refractivity contribution in [1.82, 2.24) is 10.2 Å². The van der Waals surface area contributed by atoms with E-state index in [1.165, 1.54) is 6.42 Å². The molecule has 0 spiro atoms. The summed E-state index contributed by atoms with van der Waals surface area (Å²) < 4.78 is 4.88. The molecule has 0 aromatic rings. The molecule has 1 rings (SSSR count). The maximum Gasteiger partial charge on any atom is 0.248 e. The van der Waals surface area contributed by atoms with Crippen LogP contribution >= 0.6 is 0 Å². The number of rotatable bonds is 5. The van der Waals surface area contributed by atoms with Gasteiger partial charge in [-0.25, -0.2) is 0 Å². The second kappa shape index (κ2) is 6.86. The SMILES string of the molecule is COCC(=O)N1CCCC(CNC(C)C)C1. The van der Waals surface area contributed by atoms with Gasteiger partial charge in [-0.1, -0.05) is 13.8 Å². The number of likely N-dealkylation sites (tertiary alicyclic amines) is 1. The Morgan fingerprint density at radius 1 is 1.56 bits per heavy atom. The number of carbonyl (C=O) groups is 1. The van der Waals surface area contributed by atoms with Gasteiger partial charge in [0.15, 0.2) is 0 Å². The maximum atomic E-state index is 11.7. The summed E-state index contributed by atoms with van der Waals surface area (Å²) in [5.41, 5.74) is 0. The van der Waals surface area contributed by atoms with Gasteiger partial charge >= 0.3 is 0 Å². The normalized spacial score (nSPS) is 21.5. The van der Waals surface area contributed by atoms with E-state index < -0.39 is 0 Å². The lowest BCUT2D eigenvalue weighted by Gasteiger charge is -2.33. The van der Waals surface area contributed by atoms with Gasteiger partial charge in [-0.05, 0) is 25.3 Å². The van der Waals surface area contributed by atoms with E-state index in [1.807, 2.05) is 4.90 Å². The van der Waals surface area contributed by atoms with Crippen LogP contribution in [0.25, 0.3) is 0 Å². The smallest absolute Gasteiger partial charge is 0.248 e. The van der Waals surface area contributed by atoms with E-state index in [1.54, 1.807) is 7.11 Å². The van der Waals surface area contributed by atoms with E-state index in [0.717, 1.165) is 26.1 Å². The highest BCUT2D eigenvalue weighted by Crippen LogP contribution is 2.15. The molecule has 0 aromatic heterocycles. The van der Waals surface area contributed by atoms with Crippen molar-refractivity contribution in [3.05, 3.63) is 0 Å². The van der Waals surface area contributed by atoms with Crippen molar-refractivity contribution in [3.63, 3.8) is 0 Å². The van der Waals surface area contributed by atoms with Gasteiger partial charge in [0.2, 0.25) is 5.91 Å². The molecule has 1 fully saturated rings. The number of nitrogens with zero attached hydrogens (tertiary/aromatic N) is 1. The molecular weight excluding hydrogens is 204 g/mol. The Morgan fingerprint density at radius 3 is 2.94 bits per heavy atom. The van der Waals surface area contributed by atoms with Crippen LogP contribution in [0, 0.1) is 5.92 Å². The van der Waals surface area contributed by atoms with Crippen molar-refractivity contribution < 1.29 is 9.53 Å². The first-order valence-electron chi connectivity index (χ1n) is 6.13. The molecule has 0 bridgehead atoms. The summed E-state index contributed by atoms with van der Waals surface area (Å²) in [6.07, 6.45) is 2.33. The predicted molar refractivity (Wildman–Crippen MR) is 64.3 cm³/mol. The van der Waals surface area contributed by atoms with Crippen molar-refractivity contribution >= 4 is 5.91 Å². The molecule has 1 atom stereocenters. The van der Waals surface area contributed by atoms with Gasteiger partial charge in [0.05, 0.1) is 0 Å². The van der Waals surface area contributed by atoms with Crippen LogP contribution in [0.1, 0.15) is 26.7 Å². The Kier molecular flexibility index (Phi) is 5.77. The molecule has 1 saturated heterocycles. The minimum atomic E-state index is 0.122. The number of nitrogens with one attached hydrogen (secondary N) is 1. The quantitative estimate of drug-likeness (QED) is 0.759. The van der Waals surface area contributed by atoms with Crippen LogP contribution in [0.5, 0.6) is 0 Å². The van der Waals surface area contributed by atoms with E-state index in [-0.39, 0.29) is 12.5 Å². The Balaban J connectivity index is 2.32. The molecule has 0 saturated carbocycles. The Morgan fingerprint density at radius 2 is 2.31 bits per heavy atom. The number of carbonyl (C=O) groups excluding carboxylic acids is 1. The van der Waals surface area contributed by atoms with Crippen molar-refractivity contribution in [2.75, 3.05) is 33.4 Å². The molecule has 0 aromatic carbocycles. The van der Waals surface area contributed by atoms with Crippen LogP contribution in [-0.2, 0) is 9.53 Å². The number of ether oxygens (including phenoxy) is 1. The van der Waals surface area contributed by atoms with Crippen molar-refractivity contribution in [3.8, 4) is 0 Å². The third-order valence-corrected chi connectivity index (χ3v) is 2.95. The lowest BCUT2D eigenvalue weighted by atomic mass is 9.97. The van der Waals surface area contributed by atoms with Gasteiger partial charge in [0, 0.05) is 26.2 Å². The average Bonchev–Trinajstić information content (AvgIpc) is 2.27. The molecule has 1 amide bonds. The molecule has 0 radical (unpaired) electrons. The van der Waals surface area contributed by atoms with Crippen molar-refractivity contribution in [1.29, 1.82) is 0 Å². The van der Waals surface area contributed by atoms with Crippen LogP contribution in [0.15, 0.2) is 0 Å². The number of amides is 1. The zero-order valence-electron chi connectivity index (χ0n) is 10.7. The van der Waals surface area contributed by atoms with E-state index in [0.29, 0.717) is 12.0 Å². The minimum Gasteiger partial charge on any atom is -0.375 e. The molecule has 1 N–H and O–H groups in total. The van der Waals surface area contributed by atoms with E-state index in [4.69, 9.17) is 4.74 Å². The third kappa shape index (κ3) is 4.49. The lowest BCUT2D eigenvalue weighted by Crippen LogP contribution is -2.44. The first-order chi connectivity index (χ1) is 7.63. The highest BCUT2D eigenvalue weighted by atomic mass is 16.5. The molecule has 16 heavy (non-hydrogen) atoms. The maximum absolute atomic E-state index is 11.7. The number of hydrogen-bond donors (Lipinski definition) is 1. The zero-order chi connectivity index (χ0) is 12.0. The summed E-state index contributed by atoms with van der Waals surface area (Å²) in [7, 11) is 1.57. The van der Waals surface area contributed by atoms with Gasteiger partial charge in [0.25, 0.3) is 0 Å². The summed E-state index contributed by atoms with van der Waals surface area (Å²) >= 11 is 0. The molecule has 4 nitrogen and oxygen atoms in total.